The quantitative estimate of drug-likeness (QED) is 0.785. The molecule has 0 saturated heterocycles. The molecular weight excluding hydrogens is 214 g/mol. The molecule has 1 amide bonds. The molecule has 0 radical (unpaired) electrons. The Morgan fingerprint density at radius 1 is 1.60 bits per heavy atom. The summed E-state index contributed by atoms with van der Waals surface area (Å²) in [5.41, 5.74) is 0.880. The molecule has 0 bridgehead atoms. The number of hydrogen-bond donors (Lipinski definition) is 1. The number of carbonyl (C=O) groups excluding carboxylic acids is 1. The molecule has 0 saturated carbocycles. The highest BCUT2D eigenvalue weighted by atomic mass is 32.1. The first kappa shape index (κ1) is 10.2. The predicted octanol–water partition coefficient (Wildman–Crippen LogP) is 1.36. The minimum absolute atomic E-state index is 0.0967. The fraction of sp³-hybridized carbons (Fsp3) is 0.400. The molecule has 1 aliphatic heterocycles. The molecular formula is C10H11NO3S. The van der Waals surface area contributed by atoms with Crippen molar-refractivity contribution in [1.29, 1.82) is 0 Å². The van der Waals surface area contributed by atoms with E-state index in [0.29, 0.717) is 6.42 Å². The van der Waals surface area contributed by atoms with Gasteiger partial charge in [0, 0.05) is 18.3 Å². The molecule has 1 N–H and O–H groups in total. The topological polar surface area (TPSA) is 57.6 Å². The molecule has 0 fully saturated rings. The summed E-state index contributed by atoms with van der Waals surface area (Å²) in [5, 5.41) is 10.9. The number of thiophene rings is 1. The Morgan fingerprint density at radius 3 is 2.93 bits per heavy atom. The standard InChI is InChI=1S/C10H11NO3S/c1-6(12)11-5-7(10(13)14)4-9-8(11)2-3-15-9/h2-3,7H,4-5H2,1H3,(H,13,14). The lowest BCUT2D eigenvalue weighted by atomic mass is 9.99. The fourth-order valence-corrected chi connectivity index (χ4v) is 2.76. The van der Waals surface area contributed by atoms with Crippen LogP contribution >= 0.6 is 11.3 Å². The van der Waals surface area contributed by atoms with Crippen molar-refractivity contribution >= 4 is 28.9 Å². The average molecular weight is 225 g/mol. The van der Waals surface area contributed by atoms with Gasteiger partial charge in [-0.15, -0.1) is 11.3 Å². The maximum Gasteiger partial charge on any atom is 0.308 e. The van der Waals surface area contributed by atoms with E-state index in [4.69, 9.17) is 5.11 Å². The number of aliphatic carboxylic acids is 1. The molecule has 2 rings (SSSR count). The number of anilines is 1. The minimum Gasteiger partial charge on any atom is -0.481 e. The van der Waals surface area contributed by atoms with E-state index < -0.39 is 11.9 Å². The normalized spacial score (nSPS) is 19.8. The van der Waals surface area contributed by atoms with E-state index in [1.807, 2.05) is 11.4 Å². The van der Waals surface area contributed by atoms with E-state index in [1.165, 1.54) is 18.3 Å². The zero-order chi connectivity index (χ0) is 11.0. The Balaban J connectivity index is 2.35. The van der Waals surface area contributed by atoms with Crippen molar-refractivity contribution in [3.8, 4) is 0 Å². The van der Waals surface area contributed by atoms with Gasteiger partial charge in [0.2, 0.25) is 5.91 Å². The fourth-order valence-electron chi connectivity index (χ4n) is 1.80. The van der Waals surface area contributed by atoms with Crippen LogP contribution in [0.1, 0.15) is 11.8 Å². The van der Waals surface area contributed by atoms with Gasteiger partial charge in [0.25, 0.3) is 0 Å². The lowest BCUT2D eigenvalue weighted by Gasteiger charge is -2.29. The van der Waals surface area contributed by atoms with Gasteiger partial charge < -0.3 is 10.0 Å². The summed E-state index contributed by atoms with van der Waals surface area (Å²) >= 11 is 1.51. The molecule has 15 heavy (non-hydrogen) atoms. The summed E-state index contributed by atoms with van der Waals surface area (Å²) < 4.78 is 0. The molecule has 0 aromatic carbocycles. The number of carbonyl (C=O) groups is 2. The van der Waals surface area contributed by atoms with Crippen molar-refractivity contribution in [2.24, 2.45) is 5.92 Å². The van der Waals surface area contributed by atoms with Crippen LogP contribution in [0.2, 0.25) is 0 Å². The van der Waals surface area contributed by atoms with Crippen LogP contribution in [0.25, 0.3) is 0 Å². The number of fused-ring (bicyclic) bond motifs is 1. The summed E-state index contributed by atoms with van der Waals surface area (Å²) in [5.74, 6) is -1.40. The number of amides is 1. The summed E-state index contributed by atoms with van der Waals surface area (Å²) in [6.07, 6.45) is 0.534. The third-order valence-corrected chi connectivity index (χ3v) is 3.51. The highest BCUT2D eigenvalue weighted by Crippen LogP contribution is 2.34. The Morgan fingerprint density at radius 2 is 2.33 bits per heavy atom. The second-order valence-electron chi connectivity index (χ2n) is 3.60. The number of carboxylic acid groups (broad SMARTS) is 1. The number of rotatable bonds is 1. The van der Waals surface area contributed by atoms with Gasteiger partial charge in [0.05, 0.1) is 11.6 Å². The van der Waals surface area contributed by atoms with Gasteiger partial charge in [-0.2, -0.15) is 0 Å². The average Bonchev–Trinajstić information content (AvgIpc) is 2.62. The van der Waals surface area contributed by atoms with Crippen LogP contribution in [-0.2, 0) is 16.0 Å². The van der Waals surface area contributed by atoms with Crippen LogP contribution in [0, 0.1) is 5.92 Å². The smallest absolute Gasteiger partial charge is 0.308 e. The van der Waals surface area contributed by atoms with Crippen molar-refractivity contribution in [1.82, 2.24) is 0 Å². The molecule has 1 aliphatic rings. The molecule has 1 unspecified atom stereocenters. The van der Waals surface area contributed by atoms with Crippen molar-refractivity contribution in [2.45, 2.75) is 13.3 Å². The van der Waals surface area contributed by atoms with E-state index >= 15 is 0 Å². The lowest BCUT2D eigenvalue weighted by Crippen LogP contribution is -2.40. The van der Waals surface area contributed by atoms with E-state index in [-0.39, 0.29) is 12.5 Å². The number of hydrogen-bond acceptors (Lipinski definition) is 3. The van der Waals surface area contributed by atoms with Crippen molar-refractivity contribution in [2.75, 3.05) is 11.4 Å². The van der Waals surface area contributed by atoms with Crippen LogP contribution in [0.4, 0.5) is 5.69 Å². The molecule has 4 nitrogen and oxygen atoms in total. The maximum absolute atomic E-state index is 11.4. The van der Waals surface area contributed by atoms with E-state index in [9.17, 15) is 9.59 Å². The molecule has 1 atom stereocenters. The third-order valence-electron chi connectivity index (χ3n) is 2.58. The maximum atomic E-state index is 11.4. The first-order valence-electron chi connectivity index (χ1n) is 4.67. The highest BCUT2D eigenvalue weighted by molar-refractivity contribution is 7.10. The summed E-state index contributed by atoms with van der Waals surface area (Å²) in [6.45, 7) is 1.75. The van der Waals surface area contributed by atoms with Crippen LogP contribution in [-0.4, -0.2) is 23.5 Å². The molecule has 1 aromatic rings. The highest BCUT2D eigenvalue weighted by Gasteiger charge is 2.31. The van der Waals surface area contributed by atoms with Gasteiger partial charge in [-0.3, -0.25) is 9.59 Å². The lowest BCUT2D eigenvalue weighted by molar-refractivity contribution is -0.141. The van der Waals surface area contributed by atoms with E-state index in [1.54, 1.807) is 4.90 Å². The van der Waals surface area contributed by atoms with Gasteiger partial charge in [-0.25, -0.2) is 0 Å². The summed E-state index contributed by atoms with van der Waals surface area (Å²) in [4.78, 5) is 24.8. The van der Waals surface area contributed by atoms with Gasteiger partial charge in [0.1, 0.15) is 0 Å². The third kappa shape index (κ3) is 1.74. The minimum atomic E-state index is -0.833. The molecule has 0 aliphatic carbocycles. The van der Waals surface area contributed by atoms with Crippen LogP contribution < -0.4 is 4.90 Å². The van der Waals surface area contributed by atoms with E-state index in [0.717, 1.165) is 10.6 Å². The number of nitrogens with zero attached hydrogens (tertiary/aromatic N) is 1. The second kappa shape index (κ2) is 3.66. The first-order valence-corrected chi connectivity index (χ1v) is 5.55. The van der Waals surface area contributed by atoms with Gasteiger partial charge in [-0.05, 0) is 17.9 Å². The van der Waals surface area contributed by atoms with E-state index in [2.05, 4.69) is 0 Å². The van der Waals surface area contributed by atoms with Crippen molar-refractivity contribution < 1.29 is 14.7 Å². The predicted molar refractivity (Wildman–Crippen MR) is 57.2 cm³/mol. The van der Waals surface area contributed by atoms with Crippen LogP contribution in [0.3, 0.4) is 0 Å². The number of carboxylic acids is 1. The van der Waals surface area contributed by atoms with Crippen molar-refractivity contribution in [3.05, 3.63) is 16.3 Å². The Bertz CT molecular complexity index is 413. The monoisotopic (exact) mass is 225 g/mol. The molecule has 0 spiro atoms. The van der Waals surface area contributed by atoms with Crippen molar-refractivity contribution in [3.63, 3.8) is 0 Å². The Kier molecular flexibility index (Phi) is 2.48. The SMILES string of the molecule is CC(=O)N1CC(C(=O)O)Cc2sccc21. The molecule has 5 heteroatoms. The summed E-state index contributed by atoms with van der Waals surface area (Å²) in [6, 6.07) is 1.87. The van der Waals surface area contributed by atoms with Crippen LogP contribution in [0.5, 0.6) is 0 Å². The summed E-state index contributed by atoms with van der Waals surface area (Å²) in [7, 11) is 0. The Hall–Kier alpha value is -1.36. The second-order valence-corrected chi connectivity index (χ2v) is 4.60. The van der Waals surface area contributed by atoms with Gasteiger partial charge in [0.15, 0.2) is 0 Å². The van der Waals surface area contributed by atoms with Gasteiger partial charge >= 0.3 is 5.97 Å². The molecule has 80 valence electrons. The van der Waals surface area contributed by atoms with Crippen LogP contribution in [0.15, 0.2) is 11.4 Å². The first-order chi connectivity index (χ1) is 7.09. The van der Waals surface area contributed by atoms with Gasteiger partial charge in [-0.1, -0.05) is 0 Å². The Labute approximate surface area is 91.1 Å². The molecule has 1 aromatic heterocycles. The zero-order valence-corrected chi connectivity index (χ0v) is 9.08. The zero-order valence-electron chi connectivity index (χ0n) is 8.27. The largest absolute Gasteiger partial charge is 0.481 e. The molecule has 2 heterocycles.